The average molecular weight is 271 g/mol. The van der Waals surface area contributed by atoms with Crippen molar-refractivity contribution in [1.82, 2.24) is 9.88 Å². The number of aromatic nitrogens is 1. The van der Waals surface area contributed by atoms with Gasteiger partial charge in [0.05, 0.1) is 0 Å². The zero-order valence-electron chi connectivity index (χ0n) is 11.8. The maximum atomic E-state index is 5.74. The molecule has 0 saturated heterocycles. The Kier molecular flexibility index (Phi) is 5.53. The van der Waals surface area contributed by atoms with Crippen molar-refractivity contribution in [3.05, 3.63) is 59.9 Å². The first-order chi connectivity index (χ1) is 9.78. The molecule has 0 amide bonds. The summed E-state index contributed by atoms with van der Waals surface area (Å²) in [5.74, 6) is 0.878. The standard InChI is InChI=1S/C16H21N3O/c1-19(13-15-5-3-7-18-12-15)8-9-20-16-6-2-4-14(10-16)11-17/h2-7,10,12H,8-9,11,13,17H2,1H3. The smallest absolute Gasteiger partial charge is 0.119 e. The monoisotopic (exact) mass is 271 g/mol. The lowest BCUT2D eigenvalue weighted by atomic mass is 10.2. The van der Waals surface area contributed by atoms with E-state index in [1.807, 2.05) is 36.5 Å². The Labute approximate surface area is 120 Å². The molecule has 1 aromatic heterocycles. The zero-order chi connectivity index (χ0) is 14.2. The van der Waals surface area contributed by atoms with Gasteiger partial charge in [0.1, 0.15) is 12.4 Å². The Morgan fingerprint density at radius 2 is 2.05 bits per heavy atom. The molecule has 0 spiro atoms. The highest BCUT2D eigenvalue weighted by atomic mass is 16.5. The van der Waals surface area contributed by atoms with Gasteiger partial charge in [-0.05, 0) is 36.4 Å². The Balaban J connectivity index is 1.75. The number of rotatable bonds is 7. The Morgan fingerprint density at radius 1 is 1.20 bits per heavy atom. The second-order valence-electron chi connectivity index (χ2n) is 4.80. The number of ether oxygens (including phenoxy) is 1. The van der Waals surface area contributed by atoms with Gasteiger partial charge in [-0.25, -0.2) is 0 Å². The van der Waals surface area contributed by atoms with E-state index in [-0.39, 0.29) is 0 Å². The van der Waals surface area contributed by atoms with E-state index in [0.29, 0.717) is 13.2 Å². The highest BCUT2D eigenvalue weighted by Crippen LogP contribution is 2.12. The molecular formula is C16H21N3O. The van der Waals surface area contributed by atoms with Crippen LogP contribution in [0.2, 0.25) is 0 Å². The molecule has 0 radical (unpaired) electrons. The van der Waals surface area contributed by atoms with E-state index >= 15 is 0 Å². The maximum absolute atomic E-state index is 5.74. The normalized spacial score (nSPS) is 10.8. The second-order valence-corrected chi connectivity index (χ2v) is 4.80. The van der Waals surface area contributed by atoms with Crippen LogP contribution in [-0.4, -0.2) is 30.1 Å². The van der Waals surface area contributed by atoms with Crippen molar-refractivity contribution in [1.29, 1.82) is 0 Å². The molecule has 20 heavy (non-hydrogen) atoms. The number of nitrogens with zero attached hydrogens (tertiary/aromatic N) is 2. The van der Waals surface area contributed by atoms with Crippen molar-refractivity contribution in [2.24, 2.45) is 5.73 Å². The van der Waals surface area contributed by atoms with Gasteiger partial charge in [0.15, 0.2) is 0 Å². The van der Waals surface area contributed by atoms with Gasteiger partial charge >= 0.3 is 0 Å². The molecule has 0 saturated carbocycles. The lowest BCUT2D eigenvalue weighted by molar-refractivity contribution is 0.232. The Hall–Kier alpha value is -1.91. The first-order valence-electron chi connectivity index (χ1n) is 6.77. The summed E-state index contributed by atoms with van der Waals surface area (Å²) in [5.41, 5.74) is 7.91. The van der Waals surface area contributed by atoms with E-state index in [2.05, 4.69) is 23.0 Å². The van der Waals surface area contributed by atoms with Crippen molar-refractivity contribution < 1.29 is 4.74 Å². The molecule has 106 valence electrons. The molecule has 2 rings (SSSR count). The number of hydrogen-bond acceptors (Lipinski definition) is 4. The van der Waals surface area contributed by atoms with Gasteiger partial charge in [-0.3, -0.25) is 9.88 Å². The fraction of sp³-hybridized carbons (Fsp3) is 0.312. The van der Waals surface area contributed by atoms with Crippen LogP contribution in [0.4, 0.5) is 0 Å². The van der Waals surface area contributed by atoms with E-state index < -0.39 is 0 Å². The predicted molar refractivity (Wildman–Crippen MR) is 80.4 cm³/mol. The van der Waals surface area contributed by atoms with E-state index in [9.17, 15) is 0 Å². The third-order valence-electron chi connectivity index (χ3n) is 3.05. The van der Waals surface area contributed by atoms with Gasteiger partial charge in [0, 0.05) is 32.0 Å². The summed E-state index contributed by atoms with van der Waals surface area (Å²) in [5, 5.41) is 0. The van der Waals surface area contributed by atoms with Crippen LogP contribution in [0, 0.1) is 0 Å². The minimum atomic E-state index is 0.540. The van der Waals surface area contributed by atoms with Crippen molar-refractivity contribution in [2.45, 2.75) is 13.1 Å². The number of nitrogens with two attached hydrogens (primary N) is 1. The topological polar surface area (TPSA) is 51.4 Å². The molecule has 2 N–H and O–H groups in total. The summed E-state index contributed by atoms with van der Waals surface area (Å²) >= 11 is 0. The van der Waals surface area contributed by atoms with Crippen molar-refractivity contribution >= 4 is 0 Å². The summed E-state index contributed by atoms with van der Waals surface area (Å²) < 4.78 is 5.74. The third-order valence-corrected chi connectivity index (χ3v) is 3.05. The molecule has 2 aromatic rings. The van der Waals surface area contributed by atoms with Gasteiger partial charge < -0.3 is 10.5 Å². The van der Waals surface area contributed by atoms with Crippen LogP contribution < -0.4 is 10.5 Å². The summed E-state index contributed by atoms with van der Waals surface area (Å²) in [6.45, 7) is 2.94. The van der Waals surface area contributed by atoms with Gasteiger partial charge in [-0.2, -0.15) is 0 Å². The molecule has 0 aliphatic rings. The number of benzene rings is 1. The molecule has 4 heteroatoms. The lowest BCUT2D eigenvalue weighted by Gasteiger charge is -2.17. The predicted octanol–water partition coefficient (Wildman–Crippen LogP) is 2.05. The SMILES string of the molecule is CN(CCOc1cccc(CN)c1)Cc1cccnc1. The number of pyridine rings is 1. The van der Waals surface area contributed by atoms with Gasteiger partial charge in [0.2, 0.25) is 0 Å². The van der Waals surface area contributed by atoms with Crippen LogP contribution in [0.15, 0.2) is 48.8 Å². The molecular weight excluding hydrogens is 250 g/mol. The maximum Gasteiger partial charge on any atom is 0.119 e. The van der Waals surface area contributed by atoms with E-state index in [4.69, 9.17) is 10.5 Å². The van der Waals surface area contributed by atoms with Gasteiger partial charge in [0.25, 0.3) is 0 Å². The summed E-state index contributed by atoms with van der Waals surface area (Å²) in [7, 11) is 2.08. The van der Waals surface area contributed by atoms with Crippen molar-refractivity contribution in [3.8, 4) is 5.75 Å². The zero-order valence-corrected chi connectivity index (χ0v) is 11.8. The molecule has 0 atom stereocenters. The van der Waals surface area contributed by atoms with Crippen LogP contribution in [0.5, 0.6) is 5.75 Å². The van der Waals surface area contributed by atoms with Gasteiger partial charge in [-0.1, -0.05) is 18.2 Å². The molecule has 0 bridgehead atoms. The van der Waals surface area contributed by atoms with Crippen molar-refractivity contribution in [3.63, 3.8) is 0 Å². The second kappa shape index (κ2) is 7.62. The Bertz CT molecular complexity index is 516. The molecule has 1 heterocycles. The van der Waals surface area contributed by atoms with E-state index in [1.54, 1.807) is 6.20 Å². The molecule has 1 aromatic carbocycles. The average Bonchev–Trinajstić information content (AvgIpc) is 2.48. The summed E-state index contributed by atoms with van der Waals surface area (Å²) in [6, 6.07) is 12.0. The van der Waals surface area contributed by atoms with Crippen molar-refractivity contribution in [2.75, 3.05) is 20.2 Å². The van der Waals surface area contributed by atoms with E-state index in [1.165, 1.54) is 5.56 Å². The first-order valence-corrected chi connectivity index (χ1v) is 6.77. The minimum absolute atomic E-state index is 0.540. The van der Waals surface area contributed by atoms with Crippen LogP contribution in [-0.2, 0) is 13.1 Å². The quantitative estimate of drug-likeness (QED) is 0.837. The lowest BCUT2D eigenvalue weighted by Crippen LogP contribution is -2.23. The molecule has 0 aliphatic carbocycles. The Morgan fingerprint density at radius 3 is 2.80 bits per heavy atom. The number of likely N-dealkylation sites (N-methyl/N-ethyl adjacent to an activating group) is 1. The molecule has 4 nitrogen and oxygen atoms in total. The summed E-state index contributed by atoms with van der Waals surface area (Å²) in [6.07, 6.45) is 3.68. The highest BCUT2D eigenvalue weighted by molar-refractivity contribution is 5.28. The fourth-order valence-corrected chi connectivity index (χ4v) is 1.96. The molecule has 0 unspecified atom stereocenters. The minimum Gasteiger partial charge on any atom is -0.492 e. The van der Waals surface area contributed by atoms with Crippen LogP contribution >= 0.6 is 0 Å². The third kappa shape index (κ3) is 4.64. The highest BCUT2D eigenvalue weighted by Gasteiger charge is 2.01. The summed E-state index contributed by atoms with van der Waals surface area (Å²) in [4.78, 5) is 6.33. The largest absolute Gasteiger partial charge is 0.492 e. The van der Waals surface area contributed by atoms with Crippen LogP contribution in [0.25, 0.3) is 0 Å². The van der Waals surface area contributed by atoms with Gasteiger partial charge in [-0.15, -0.1) is 0 Å². The van der Waals surface area contributed by atoms with E-state index in [0.717, 1.165) is 24.4 Å². The first kappa shape index (κ1) is 14.5. The van der Waals surface area contributed by atoms with Crippen LogP contribution in [0.1, 0.15) is 11.1 Å². The molecule has 0 aliphatic heterocycles. The fourth-order valence-electron chi connectivity index (χ4n) is 1.96. The number of hydrogen-bond donors (Lipinski definition) is 1. The molecule has 0 fully saturated rings. The van der Waals surface area contributed by atoms with Crippen LogP contribution in [0.3, 0.4) is 0 Å².